The number of aryl methyl sites for hydroxylation is 2. The van der Waals surface area contributed by atoms with Crippen molar-refractivity contribution in [3.8, 4) is 0 Å². The molecule has 3 rings (SSSR count). The van der Waals surface area contributed by atoms with Gasteiger partial charge < -0.3 is 10.2 Å². The van der Waals surface area contributed by atoms with Crippen molar-refractivity contribution in [3.63, 3.8) is 0 Å². The first kappa shape index (κ1) is 12.7. The smallest absolute Gasteiger partial charge is 0.227 e. The van der Waals surface area contributed by atoms with Crippen LogP contribution < -0.4 is 5.32 Å². The van der Waals surface area contributed by atoms with Gasteiger partial charge in [0, 0.05) is 26.2 Å². The van der Waals surface area contributed by atoms with Crippen molar-refractivity contribution in [2.45, 2.75) is 32.1 Å². The number of fused-ring (bicyclic) bond motifs is 1. The number of hydrogen-bond acceptors (Lipinski definition) is 2. The molecule has 1 fully saturated rings. The second-order valence-corrected chi connectivity index (χ2v) is 5.62. The average molecular weight is 258 g/mol. The van der Waals surface area contributed by atoms with Gasteiger partial charge >= 0.3 is 0 Å². The van der Waals surface area contributed by atoms with Gasteiger partial charge in [0.05, 0.1) is 6.42 Å². The fraction of sp³-hybridized carbons (Fsp3) is 0.562. The van der Waals surface area contributed by atoms with E-state index in [0.717, 1.165) is 26.2 Å². The van der Waals surface area contributed by atoms with Crippen LogP contribution in [0.2, 0.25) is 0 Å². The zero-order valence-corrected chi connectivity index (χ0v) is 11.5. The number of nitrogens with one attached hydrogen (secondary N) is 1. The monoisotopic (exact) mass is 258 g/mol. The molecule has 1 aliphatic heterocycles. The van der Waals surface area contributed by atoms with Gasteiger partial charge in [0.25, 0.3) is 0 Å². The number of hydrogen-bond donors (Lipinski definition) is 1. The summed E-state index contributed by atoms with van der Waals surface area (Å²) >= 11 is 0. The highest BCUT2D eigenvalue weighted by Gasteiger charge is 2.17. The minimum Gasteiger partial charge on any atom is -0.340 e. The van der Waals surface area contributed by atoms with Gasteiger partial charge in [-0.15, -0.1) is 0 Å². The lowest BCUT2D eigenvalue weighted by atomic mass is 9.90. The number of rotatable bonds is 2. The largest absolute Gasteiger partial charge is 0.340 e. The summed E-state index contributed by atoms with van der Waals surface area (Å²) in [5, 5.41) is 3.28. The van der Waals surface area contributed by atoms with E-state index in [1.807, 2.05) is 4.90 Å². The van der Waals surface area contributed by atoms with E-state index >= 15 is 0 Å². The molecule has 1 aliphatic carbocycles. The number of nitrogens with zero attached hydrogens (tertiary/aromatic N) is 1. The topological polar surface area (TPSA) is 32.3 Å². The molecule has 0 spiro atoms. The zero-order chi connectivity index (χ0) is 13.1. The molecule has 1 heterocycles. The standard InChI is InChI=1S/C16H22N2O/c19-16(18-9-7-17-8-10-18)12-13-5-6-14-3-1-2-4-15(14)11-13/h5-6,11,17H,1-4,7-10,12H2. The molecule has 102 valence electrons. The number of carbonyl (C=O) groups excluding carboxylic acids is 1. The Labute approximate surface area is 115 Å². The van der Waals surface area contributed by atoms with Crippen molar-refractivity contribution in [1.29, 1.82) is 0 Å². The third-order valence-electron chi connectivity index (χ3n) is 4.24. The Morgan fingerprint density at radius 2 is 1.84 bits per heavy atom. The Morgan fingerprint density at radius 1 is 1.11 bits per heavy atom. The highest BCUT2D eigenvalue weighted by atomic mass is 16.2. The SMILES string of the molecule is O=C(Cc1ccc2c(c1)CCCC2)N1CCNCC1. The number of carbonyl (C=O) groups is 1. The van der Waals surface area contributed by atoms with E-state index in [9.17, 15) is 4.79 Å². The summed E-state index contributed by atoms with van der Waals surface area (Å²) in [4.78, 5) is 14.2. The molecule has 0 radical (unpaired) electrons. The Bertz CT molecular complexity index is 464. The Hall–Kier alpha value is -1.35. The van der Waals surface area contributed by atoms with Crippen molar-refractivity contribution in [3.05, 3.63) is 34.9 Å². The fourth-order valence-electron chi connectivity index (χ4n) is 3.10. The van der Waals surface area contributed by atoms with Crippen LogP contribution >= 0.6 is 0 Å². The summed E-state index contributed by atoms with van der Waals surface area (Å²) in [7, 11) is 0. The minimum atomic E-state index is 0.275. The van der Waals surface area contributed by atoms with Crippen molar-refractivity contribution in [2.75, 3.05) is 26.2 Å². The molecule has 1 amide bonds. The molecule has 3 nitrogen and oxygen atoms in total. The quantitative estimate of drug-likeness (QED) is 0.872. The van der Waals surface area contributed by atoms with Crippen LogP contribution in [0.4, 0.5) is 0 Å². The molecule has 0 unspecified atom stereocenters. The lowest BCUT2D eigenvalue weighted by Gasteiger charge is -2.27. The molecule has 19 heavy (non-hydrogen) atoms. The van der Waals surface area contributed by atoms with Crippen LogP contribution in [0, 0.1) is 0 Å². The Kier molecular flexibility index (Phi) is 3.83. The molecule has 1 saturated heterocycles. The first-order valence-electron chi connectivity index (χ1n) is 7.42. The molecule has 1 aromatic rings. The van der Waals surface area contributed by atoms with Crippen molar-refractivity contribution >= 4 is 5.91 Å². The first-order chi connectivity index (χ1) is 9.33. The molecule has 0 bridgehead atoms. The van der Waals surface area contributed by atoms with E-state index in [-0.39, 0.29) is 5.91 Å². The number of amides is 1. The van der Waals surface area contributed by atoms with Crippen LogP contribution in [0.3, 0.4) is 0 Å². The van der Waals surface area contributed by atoms with Crippen molar-refractivity contribution < 1.29 is 4.79 Å². The maximum atomic E-state index is 12.2. The Balaban J connectivity index is 1.67. The molecule has 2 aliphatic rings. The molecule has 0 aromatic heterocycles. The van der Waals surface area contributed by atoms with Gasteiger partial charge in [0.2, 0.25) is 5.91 Å². The first-order valence-corrected chi connectivity index (χ1v) is 7.42. The van der Waals surface area contributed by atoms with E-state index in [4.69, 9.17) is 0 Å². The van der Waals surface area contributed by atoms with Gasteiger partial charge in [-0.3, -0.25) is 4.79 Å². The zero-order valence-electron chi connectivity index (χ0n) is 11.5. The summed E-state index contributed by atoms with van der Waals surface area (Å²) in [5.74, 6) is 0.275. The van der Waals surface area contributed by atoms with Gasteiger partial charge in [-0.2, -0.15) is 0 Å². The molecule has 3 heteroatoms. The minimum absolute atomic E-state index is 0.275. The average Bonchev–Trinajstić information content (AvgIpc) is 2.48. The van der Waals surface area contributed by atoms with E-state index in [1.165, 1.54) is 42.4 Å². The summed E-state index contributed by atoms with van der Waals surface area (Å²) in [6, 6.07) is 6.63. The summed E-state index contributed by atoms with van der Waals surface area (Å²) in [6.07, 6.45) is 5.56. The van der Waals surface area contributed by atoms with Crippen molar-refractivity contribution in [2.24, 2.45) is 0 Å². The lowest BCUT2D eigenvalue weighted by Crippen LogP contribution is -2.46. The second-order valence-electron chi connectivity index (χ2n) is 5.62. The van der Waals surface area contributed by atoms with Gasteiger partial charge in [0.15, 0.2) is 0 Å². The molecule has 0 saturated carbocycles. The van der Waals surface area contributed by atoms with Crippen molar-refractivity contribution in [1.82, 2.24) is 10.2 Å². The third-order valence-corrected chi connectivity index (χ3v) is 4.24. The maximum Gasteiger partial charge on any atom is 0.227 e. The predicted molar refractivity (Wildman–Crippen MR) is 76.2 cm³/mol. The van der Waals surface area contributed by atoms with Crippen LogP contribution in [0.5, 0.6) is 0 Å². The normalized spacial score (nSPS) is 19.1. The van der Waals surface area contributed by atoms with Gasteiger partial charge in [-0.1, -0.05) is 18.2 Å². The summed E-state index contributed by atoms with van der Waals surface area (Å²) < 4.78 is 0. The van der Waals surface area contributed by atoms with Gasteiger partial charge in [-0.05, 0) is 42.4 Å². The number of benzene rings is 1. The molecule has 1 aromatic carbocycles. The van der Waals surface area contributed by atoms with E-state index in [1.54, 1.807) is 0 Å². The van der Waals surface area contributed by atoms with Crippen LogP contribution in [0.1, 0.15) is 29.5 Å². The highest BCUT2D eigenvalue weighted by Crippen LogP contribution is 2.22. The van der Waals surface area contributed by atoms with E-state index in [0.29, 0.717) is 6.42 Å². The molecular formula is C16H22N2O. The summed E-state index contributed by atoms with van der Waals surface area (Å²) in [6.45, 7) is 3.55. The highest BCUT2D eigenvalue weighted by molar-refractivity contribution is 5.79. The maximum absolute atomic E-state index is 12.2. The van der Waals surface area contributed by atoms with E-state index < -0.39 is 0 Å². The molecule has 0 atom stereocenters. The third kappa shape index (κ3) is 2.98. The van der Waals surface area contributed by atoms with E-state index in [2.05, 4.69) is 23.5 Å². The van der Waals surface area contributed by atoms with Gasteiger partial charge in [-0.25, -0.2) is 0 Å². The Morgan fingerprint density at radius 3 is 2.63 bits per heavy atom. The van der Waals surface area contributed by atoms with Crippen LogP contribution in [0.15, 0.2) is 18.2 Å². The lowest BCUT2D eigenvalue weighted by molar-refractivity contribution is -0.131. The van der Waals surface area contributed by atoms with Crippen LogP contribution in [0.25, 0.3) is 0 Å². The van der Waals surface area contributed by atoms with Crippen LogP contribution in [-0.2, 0) is 24.1 Å². The second kappa shape index (κ2) is 5.74. The molecular weight excluding hydrogens is 236 g/mol. The fourth-order valence-corrected chi connectivity index (χ4v) is 3.10. The molecule has 1 N–H and O–H groups in total. The van der Waals surface area contributed by atoms with Gasteiger partial charge in [0.1, 0.15) is 0 Å². The number of piperazine rings is 1. The predicted octanol–water partition coefficient (Wildman–Crippen LogP) is 1.54. The van der Waals surface area contributed by atoms with Crippen LogP contribution in [-0.4, -0.2) is 37.0 Å². The summed E-state index contributed by atoms with van der Waals surface area (Å²) in [5.41, 5.74) is 4.14.